The molecule has 0 saturated heterocycles. The average Bonchev–Trinajstić information content (AvgIpc) is 2.04. The van der Waals surface area contributed by atoms with Gasteiger partial charge in [-0.05, 0) is 12.8 Å². The Morgan fingerprint density at radius 1 is 1.27 bits per heavy atom. The van der Waals surface area contributed by atoms with Gasteiger partial charge in [0.1, 0.15) is 0 Å². The van der Waals surface area contributed by atoms with Crippen LogP contribution in [0.5, 0.6) is 0 Å². The Bertz CT molecular complexity index is 96.1. The van der Waals surface area contributed by atoms with E-state index in [9.17, 15) is 4.79 Å². The third-order valence-electron chi connectivity index (χ3n) is 1.60. The summed E-state index contributed by atoms with van der Waals surface area (Å²) in [5.41, 5.74) is 0. The maximum atomic E-state index is 10.1. The van der Waals surface area contributed by atoms with Crippen molar-refractivity contribution >= 4 is 6.41 Å². The number of amides is 1. The van der Waals surface area contributed by atoms with Gasteiger partial charge in [0.25, 0.3) is 0 Å². The molecule has 0 aliphatic heterocycles. The first-order chi connectivity index (χ1) is 5.31. The topological polar surface area (TPSA) is 40.5 Å². The van der Waals surface area contributed by atoms with E-state index in [1.807, 2.05) is 0 Å². The molecule has 0 atom stereocenters. The molecule has 0 heterocycles. The zero-order valence-corrected chi connectivity index (χ0v) is 7.12. The lowest BCUT2D eigenvalue weighted by Crippen LogP contribution is -2.16. The molecule has 0 unspecified atom stereocenters. The van der Waals surface area contributed by atoms with Gasteiger partial charge in [-0.15, -0.1) is 0 Å². The Hall–Kier alpha value is -0.570. The van der Waals surface area contributed by atoms with Gasteiger partial charge in [-0.25, -0.2) is 0 Å². The van der Waals surface area contributed by atoms with Crippen molar-refractivity contribution in [2.75, 3.05) is 20.2 Å². The second-order valence-electron chi connectivity index (χ2n) is 2.72. The molecular weight excluding hydrogens is 142 g/mol. The zero-order valence-electron chi connectivity index (χ0n) is 7.12. The lowest BCUT2D eigenvalue weighted by molar-refractivity contribution is -0.117. The molecule has 0 aromatic carbocycles. The Kier molecular flexibility index (Phi) is 7.15. The molecule has 0 saturated carbocycles. The van der Waals surface area contributed by atoms with Crippen LogP contribution in [-0.4, -0.2) is 36.6 Å². The highest BCUT2D eigenvalue weighted by Crippen LogP contribution is 1.98. The third kappa shape index (κ3) is 7.33. The van der Waals surface area contributed by atoms with Crippen molar-refractivity contribution in [3.63, 3.8) is 0 Å². The highest BCUT2D eigenvalue weighted by atomic mass is 16.2. The summed E-state index contributed by atoms with van der Waals surface area (Å²) in [6, 6.07) is 0. The lowest BCUT2D eigenvalue weighted by atomic mass is 10.2. The second kappa shape index (κ2) is 7.54. The van der Waals surface area contributed by atoms with Gasteiger partial charge < -0.3 is 10.0 Å². The van der Waals surface area contributed by atoms with Crippen LogP contribution in [0.1, 0.15) is 25.7 Å². The molecule has 3 heteroatoms. The van der Waals surface area contributed by atoms with E-state index in [2.05, 4.69) is 0 Å². The Morgan fingerprint density at radius 2 is 1.91 bits per heavy atom. The number of carbonyl (C=O) groups excluding carboxylic acids is 1. The van der Waals surface area contributed by atoms with Gasteiger partial charge in [-0.1, -0.05) is 12.8 Å². The molecule has 0 bridgehead atoms. The number of hydrogen-bond acceptors (Lipinski definition) is 2. The average molecular weight is 159 g/mol. The quantitative estimate of drug-likeness (QED) is 0.437. The lowest BCUT2D eigenvalue weighted by Gasteiger charge is -2.08. The van der Waals surface area contributed by atoms with Gasteiger partial charge in [-0.2, -0.15) is 0 Å². The minimum Gasteiger partial charge on any atom is -0.396 e. The van der Waals surface area contributed by atoms with E-state index >= 15 is 0 Å². The molecule has 0 aromatic heterocycles. The van der Waals surface area contributed by atoms with Crippen LogP contribution in [-0.2, 0) is 4.79 Å². The number of nitrogens with zero attached hydrogens (tertiary/aromatic N) is 1. The summed E-state index contributed by atoms with van der Waals surface area (Å²) in [5.74, 6) is 0. The number of rotatable bonds is 7. The number of carbonyl (C=O) groups is 1. The summed E-state index contributed by atoms with van der Waals surface area (Å²) in [4.78, 5) is 11.7. The maximum absolute atomic E-state index is 10.1. The summed E-state index contributed by atoms with van der Waals surface area (Å²) in [5, 5.41) is 8.45. The van der Waals surface area contributed by atoms with Gasteiger partial charge >= 0.3 is 0 Å². The predicted octanol–water partition coefficient (Wildman–Crippen LogP) is 0.627. The van der Waals surface area contributed by atoms with Crippen molar-refractivity contribution in [2.24, 2.45) is 0 Å². The first kappa shape index (κ1) is 10.4. The molecule has 66 valence electrons. The normalized spacial score (nSPS) is 9.64. The summed E-state index contributed by atoms with van der Waals surface area (Å²) < 4.78 is 0. The van der Waals surface area contributed by atoms with Crippen LogP contribution in [0.25, 0.3) is 0 Å². The van der Waals surface area contributed by atoms with E-state index in [0.29, 0.717) is 0 Å². The molecule has 0 aromatic rings. The van der Waals surface area contributed by atoms with Crippen molar-refractivity contribution < 1.29 is 9.90 Å². The van der Waals surface area contributed by atoms with E-state index in [0.717, 1.165) is 38.6 Å². The number of aliphatic hydroxyl groups is 1. The van der Waals surface area contributed by atoms with Crippen LogP contribution >= 0.6 is 0 Å². The predicted molar refractivity (Wildman–Crippen MR) is 44.2 cm³/mol. The number of unbranched alkanes of at least 4 members (excludes halogenated alkanes) is 3. The van der Waals surface area contributed by atoms with E-state index in [-0.39, 0.29) is 6.61 Å². The monoisotopic (exact) mass is 159 g/mol. The third-order valence-corrected chi connectivity index (χ3v) is 1.60. The van der Waals surface area contributed by atoms with Crippen LogP contribution in [0.15, 0.2) is 0 Å². The molecule has 0 fully saturated rings. The van der Waals surface area contributed by atoms with Gasteiger partial charge in [0, 0.05) is 20.2 Å². The standard InChI is InChI=1S/C8H17NO2/c1-9(8-11)6-4-2-3-5-7-10/h8,10H,2-7H2,1H3. The smallest absolute Gasteiger partial charge is 0.209 e. The first-order valence-electron chi connectivity index (χ1n) is 4.07. The zero-order chi connectivity index (χ0) is 8.53. The Labute approximate surface area is 68.0 Å². The van der Waals surface area contributed by atoms with Crippen molar-refractivity contribution in [3.8, 4) is 0 Å². The largest absolute Gasteiger partial charge is 0.396 e. The molecule has 0 radical (unpaired) electrons. The van der Waals surface area contributed by atoms with Crippen molar-refractivity contribution in [1.29, 1.82) is 0 Å². The van der Waals surface area contributed by atoms with Crippen molar-refractivity contribution in [1.82, 2.24) is 4.90 Å². The van der Waals surface area contributed by atoms with Crippen LogP contribution in [0, 0.1) is 0 Å². The van der Waals surface area contributed by atoms with Gasteiger partial charge in [-0.3, -0.25) is 4.79 Å². The number of hydrogen-bond donors (Lipinski definition) is 1. The van der Waals surface area contributed by atoms with Gasteiger partial charge in [0.05, 0.1) is 0 Å². The second-order valence-corrected chi connectivity index (χ2v) is 2.72. The summed E-state index contributed by atoms with van der Waals surface area (Å²) in [6.45, 7) is 1.11. The molecule has 1 amide bonds. The van der Waals surface area contributed by atoms with E-state index in [1.54, 1.807) is 11.9 Å². The highest BCUT2D eigenvalue weighted by Gasteiger charge is 1.92. The van der Waals surface area contributed by atoms with E-state index in [1.165, 1.54) is 0 Å². The summed E-state index contributed by atoms with van der Waals surface area (Å²) in [6.07, 6.45) is 4.91. The Morgan fingerprint density at radius 3 is 2.45 bits per heavy atom. The number of aliphatic hydroxyl groups excluding tert-OH is 1. The van der Waals surface area contributed by atoms with Crippen LogP contribution in [0.4, 0.5) is 0 Å². The Balaban J connectivity index is 2.95. The molecule has 11 heavy (non-hydrogen) atoms. The fraction of sp³-hybridized carbons (Fsp3) is 0.875. The minimum absolute atomic E-state index is 0.281. The minimum atomic E-state index is 0.281. The molecule has 0 spiro atoms. The van der Waals surface area contributed by atoms with Gasteiger partial charge in [0.15, 0.2) is 0 Å². The fourth-order valence-corrected chi connectivity index (χ4v) is 0.879. The van der Waals surface area contributed by atoms with Crippen LogP contribution in [0.2, 0.25) is 0 Å². The fourth-order valence-electron chi connectivity index (χ4n) is 0.879. The summed E-state index contributed by atoms with van der Waals surface area (Å²) in [7, 11) is 1.78. The molecular formula is C8H17NO2. The van der Waals surface area contributed by atoms with Crippen LogP contribution in [0.3, 0.4) is 0 Å². The van der Waals surface area contributed by atoms with Gasteiger partial charge in [0.2, 0.25) is 6.41 Å². The molecule has 0 aliphatic rings. The molecule has 0 aliphatic carbocycles. The van der Waals surface area contributed by atoms with Crippen LogP contribution < -0.4 is 0 Å². The molecule has 0 rings (SSSR count). The van der Waals surface area contributed by atoms with E-state index < -0.39 is 0 Å². The first-order valence-corrected chi connectivity index (χ1v) is 4.07. The summed E-state index contributed by atoms with van der Waals surface area (Å²) >= 11 is 0. The highest BCUT2D eigenvalue weighted by molar-refractivity contribution is 5.46. The molecule has 1 N–H and O–H groups in total. The van der Waals surface area contributed by atoms with Crippen molar-refractivity contribution in [3.05, 3.63) is 0 Å². The SMILES string of the molecule is CN(C=O)CCCCCCO. The maximum Gasteiger partial charge on any atom is 0.209 e. The van der Waals surface area contributed by atoms with Crippen molar-refractivity contribution in [2.45, 2.75) is 25.7 Å². The van der Waals surface area contributed by atoms with E-state index in [4.69, 9.17) is 5.11 Å². The molecule has 3 nitrogen and oxygen atoms in total.